The van der Waals surface area contributed by atoms with Gasteiger partial charge in [-0.2, -0.15) is 4.98 Å². The summed E-state index contributed by atoms with van der Waals surface area (Å²) in [6.07, 6.45) is 1.73. The largest absolute Gasteiger partial charge is 0.338 e. The zero-order valence-corrected chi connectivity index (χ0v) is 9.81. The van der Waals surface area contributed by atoms with Crippen molar-refractivity contribution in [1.82, 2.24) is 15.5 Å². The molecule has 0 bridgehead atoms. The Balaban J connectivity index is 1.84. The van der Waals surface area contributed by atoms with E-state index < -0.39 is 0 Å². The maximum absolute atomic E-state index is 5.29. The smallest absolute Gasteiger partial charge is 0.244 e. The standard InChI is InChI=1S/C13H15N3O/c1-2-12-15-13(17-16-12)11-7-9-5-3-4-6-10(9)8-14-11/h3-6,11,14H,2,7-8H2,1H3/t11-/m0/s1. The van der Waals surface area contributed by atoms with E-state index in [2.05, 4.69) is 39.7 Å². The fraction of sp³-hybridized carbons (Fsp3) is 0.385. The van der Waals surface area contributed by atoms with Crippen molar-refractivity contribution in [1.29, 1.82) is 0 Å². The minimum Gasteiger partial charge on any atom is -0.338 e. The fourth-order valence-electron chi connectivity index (χ4n) is 2.18. The van der Waals surface area contributed by atoms with Gasteiger partial charge in [0.2, 0.25) is 5.89 Å². The molecule has 0 saturated heterocycles. The van der Waals surface area contributed by atoms with Crippen LogP contribution in [-0.2, 0) is 19.4 Å². The van der Waals surface area contributed by atoms with Gasteiger partial charge < -0.3 is 9.84 Å². The number of aromatic nitrogens is 2. The van der Waals surface area contributed by atoms with Crippen LogP contribution in [0.25, 0.3) is 0 Å². The molecule has 1 aromatic carbocycles. The van der Waals surface area contributed by atoms with Crippen molar-refractivity contribution in [3.63, 3.8) is 0 Å². The molecule has 1 N–H and O–H groups in total. The minimum absolute atomic E-state index is 0.151. The summed E-state index contributed by atoms with van der Waals surface area (Å²) in [5.41, 5.74) is 2.73. The highest BCUT2D eigenvalue weighted by Crippen LogP contribution is 2.24. The third kappa shape index (κ3) is 1.96. The van der Waals surface area contributed by atoms with Crippen molar-refractivity contribution in [2.75, 3.05) is 0 Å². The molecule has 0 unspecified atom stereocenters. The number of hydrogen-bond donors (Lipinski definition) is 1. The lowest BCUT2D eigenvalue weighted by molar-refractivity contribution is 0.319. The summed E-state index contributed by atoms with van der Waals surface area (Å²) in [4.78, 5) is 4.39. The third-order valence-electron chi connectivity index (χ3n) is 3.18. The Morgan fingerprint density at radius 1 is 1.35 bits per heavy atom. The molecule has 88 valence electrons. The summed E-state index contributed by atoms with van der Waals surface area (Å²) < 4.78 is 5.29. The second-order valence-electron chi connectivity index (χ2n) is 4.31. The van der Waals surface area contributed by atoms with Gasteiger partial charge in [0.1, 0.15) is 0 Å². The lowest BCUT2D eigenvalue weighted by atomic mass is 9.96. The van der Waals surface area contributed by atoms with Gasteiger partial charge in [-0.1, -0.05) is 36.3 Å². The second kappa shape index (κ2) is 4.30. The topological polar surface area (TPSA) is 51.0 Å². The molecule has 17 heavy (non-hydrogen) atoms. The van der Waals surface area contributed by atoms with Crippen molar-refractivity contribution in [3.8, 4) is 0 Å². The van der Waals surface area contributed by atoms with Crippen molar-refractivity contribution in [2.24, 2.45) is 0 Å². The van der Waals surface area contributed by atoms with Crippen LogP contribution in [0.4, 0.5) is 0 Å². The van der Waals surface area contributed by atoms with Crippen LogP contribution in [-0.4, -0.2) is 10.1 Å². The minimum atomic E-state index is 0.151. The third-order valence-corrected chi connectivity index (χ3v) is 3.18. The lowest BCUT2D eigenvalue weighted by Crippen LogP contribution is -2.28. The zero-order chi connectivity index (χ0) is 11.7. The molecule has 4 heteroatoms. The predicted molar refractivity (Wildman–Crippen MR) is 63.4 cm³/mol. The molecule has 1 aromatic heterocycles. The summed E-state index contributed by atoms with van der Waals surface area (Å²) in [5.74, 6) is 1.48. The molecule has 0 spiro atoms. The van der Waals surface area contributed by atoms with Gasteiger partial charge >= 0.3 is 0 Å². The predicted octanol–water partition coefficient (Wildman–Crippen LogP) is 2.02. The van der Waals surface area contributed by atoms with Gasteiger partial charge in [-0.15, -0.1) is 0 Å². The van der Waals surface area contributed by atoms with Gasteiger partial charge in [-0.05, 0) is 17.5 Å². The van der Waals surface area contributed by atoms with E-state index in [0.717, 1.165) is 25.2 Å². The number of rotatable bonds is 2. The Bertz CT molecular complexity index is 521. The summed E-state index contributed by atoms with van der Waals surface area (Å²) >= 11 is 0. The highest BCUT2D eigenvalue weighted by Gasteiger charge is 2.23. The Morgan fingerprint density at radius 3 is 2.94 bits per heavy atom. The molecule has 4 nitrogen and oxygen atoms in total. The van der Waals surface area contributed by atoms with E-state index in [1.807, 2.05) is 6.92 Å². The van der Waals surface area contributed by atoms with Crippen LogP contribution in [0.3, 0.4) is 0 Å². The molecule has 0 saturated carbocycles. The molecule has 1 aliphatic heterocycles. The fourth-order valence-corrected chi connectivity index (χ4v) is 2.18. The van der Waals surface area contributed by atoms with E-state index in [0.29, 0.717) is 5.89 Å². The molecule has 0 fully saturated rings. The molecule has 2 heterocycles. The highest BCUT2D eigenvalue weighted by molar-refractivity contribution is 5.30. The maximum atomic E-state index is 5.29. The Morgan fingerprint density at radius 2 is 2.18 bits per heavy atom. The average Bonchev–Trinajstić information content (AvgIpc) is 2.87. The number of fused-ring (bicyclic) bond motifs is 1. The quantitative estimate of drug-likeness (QED) is 0.856. The SMILES string of the molecule is CCc1noc([C@@H]2Cc3ccccc3CN2)n1. The first-order valence-corrected chi connectivity index (χ1v) is 5.99. The maximum Gasteiger partial charge on any atom is 0.244 e. The lowest BCUT2D eigenvalue weighted by Gasteiger charge is -2.23. The number of nitrogens with zero attached hydrogens (tertiary/aromatic N) is 2. The van der Waals surface area contributed by atoms with Crippen molar-refractivity contribution < 1.29 is 4.52 Å². The van der Waals surface area contributed by atoms with Crippen molar-refractivity contribution in [3.05, 3.63) is 47.1 Å². The van der Waals surface area contributed by atoms with Crippen LogP contribution in [0.15, 0.2) is 28.8 Å². The monoisotopic (exact) mass is 229 g/mol. The molecule has 1 atom stereocenters. The van der Waals surface area contributed by atoms with Crippen LogP contribution in [0, 0.1) is 0 Å². The normalized spacial score (nSPS) is 19.0. The highest BCUT2D eigenvalue weighted by atomic mass is 16.5. The molecule has 2 aromatic rings. The second-order valence-corrected chi connectivity index (χ2v) is 4.31. The van der Waals surface area contributed by atoms with Gasteiger partial charge in [-0.25, -0.2) is 0 Å². The first-order chi connectivity index (χ1) is 8.36. The summed E-state index contributed by atoms with van der Waals surface area (Å²) in [7, 11) is 0. The molecule has 0 aliphatic carbocycles. The summed E-state index contributed by atoms with van der Waals surface area (Å²) in [6.45, 7) is 2.89. The zero-order valence-electron chi connectivity index (χ0n) is 9.81. The van der Waals surface area contributed by atoms with Gasteiger partial charge in [0, 0.05) is 13.0 Å². The summed E-state index contributed by atoms with van der Waals surface area (Å²) in [6, 6.07) is 8.62. The number of hydrogen-bond acceptors (Lipinski definition) is 4. The Kier molecular flexibility index (Phi) is 2.65. The van der Waals surface area contributed by atoms with Crippen molar-refractivity contribution in [2.45, 2.75) is 32.4 Å². The molecular weight excluding hydrogens is 214 g/mol. The van der Waals surface area contributed by atoms with Crippen LogP contribution in [0.2, 0.25) is 0 Å². The van der Waals surface area contributed by atoms with Crippen LogP contribution >= 0.6 is 0 Å². The van der Waals surface area contributed by atoms with Crippen LogP contribution in [0.5, 0.6) is 0 Å². The number of aryl methyl sites for hydroxylation is 1. The first-order valence-electron chi connectivity index (χ1n) is 5.99. The van der Waals surface area contributed by atoms with E-state index in [9.17, 15) is 0 Å². The van der Waals surface area contributed by atoms with E-state index in [-0.39, 0.29) is 6.04 Å². The van der Waals surface area contributed by atoms with E-state index in [1.54, 1.807) is 0 Å². The van der Waals surface area contributed by atoms with Gasteiger partial charge in [0.15, 0.2) is 5.82 Å². The van der Waals surface area contributed by atoms with E-state index in [1.165, 1.54) is 11.1 Å². The molecule has 0 radical (unpaired) electrons. The van der Waals surface area contributed by atoms with E-state index in [4.69, 9.17) is 4.52 Å². The Hall–Kier alpha value is -1.68. The number of benzene rings is 1. The molecule has 0 amide bonds. The van der Waals surface area contributed by atoms with Gasteiger partial charge in [0.05, 0.1) is 6.04 Å². The number of nitrogens with one attached hydrogen (secondary N) is 1. The van der Waals surface area contributed by atoms with E-state index >= 15 is 0 Å². The molecule has 3 rings (SSSR count). The molecular formula is C13H15N3O. The molecule has 1 aliphatic rings. The van der Waals surface area contributed by atoms with Crippen molar-refractivity contribution >= 4 is 0 Å². The van der Waals surface area contributed by atoms with Crippen LogP contribution in [0.1, 0.15) is 35.8 Å². The van der Waals surface area contributed by atoms with Gasteiger partial charge in [-0.3, -0.25) is 0 Å². The average molecular weight is 229 g/mol. The summed E-state index contributed by atoms with van der Waals surface area (Å²) in [5, 5.41) is 7.37. The Labute approximate surface area is 100 Å². The first kappa shape index (κ1) is 10.5. The van der Waals surface area contributed by atoms with Crippen LogP contribution < -0.4 is 5.32 Å². The van der Waals surface area contributed by atoms with Gasteiger partial charge in [0.25, 0.3) is 0 Å².